The molecular weight excluding hydrogens is 452 g/mol. The minimum absolute atomic E-state index is 0.151. The topological polar surface area (TPSA) is 93.4 Å². The van der Waals surface area contributed by atoms with E-state index in [2.05, 4.69) is 15.3 Å². The minimum Gasteiger partial charge on any atom is -0.378 e. The van der Waals surface area contributed by atoms with Crippen LogP contribution in [0.1, 0.15) is 24.7 Å². The van der Waals surface area contributed by atoms with Gasteiger partial charge in [-0.25, -0.2) is 18.7 Å². The molecule has 2 aromatic carbocycles. The first-order valence-electron chi connectivity index (χ1n) is 11.2. The number of benzene rings is 2. The van der Waals surface area contributed by atoms with Crippen LogP contribution in [-0.2, 0) is 13.6 Å². The molecule has 1 saturated carbocycles. The fourth-order valence-electron chi connectivity index (χ4n) is 4.11. The summed E-state index contributed by atoms with van der Waals surface area (Å²) < 4.78 is 30.5. The van der Waals surface area contributed by atoms with Crippen molar-refractivity contribution in [2.75, 3.05) is 5.32 Å². The summed E-state index contributed by atoms with van der Waals surface area (Å²) in [5.41, 5.74) is 3.54. The van der Waals surface area contributed by atoms with Gasteiger partial charge < -0.3 is 14.9 Å². The molecule has 0 atom stereocenters. The molecule has 6 rings (SSSR count). The maximum atomic E-state index is 13.6. The first-order valence-corrected chi connectivity index (χ1v) is 11.2. The van der Waals surface area contributed by atoms with Gasteiger partial charge in [-0.3, -0.25) is 9.48 Å². The summed E-state index contributed by atoms with van der Waals surface area (Å²) in [6.07, 6.45) is 5.66. The number of nitrogens with zero attached hydrogens (tertiary/aromatic N) is 5. The average Bonchev–Trinajstić information content (AvgIpc) is 3.41. The molecule has 0 radical (unpaired) electrons. The van der Waals surface area contributed by atoms with E-state index < -0.39 is 11.6 Å². The predicted octanol–water partition coefficient (Wildman–Crippen LogP) is 4.41. The lowest BCUT2D eigenvalue weighted by atomic mass is 10.1. The normalized spacial score (nSPS) is 13.5. The Balaban J connectivity index is 1.41. The fourth-order valence-corrected chi connectivity index (χ4v) is 4.11. The first-order chi connectivity index (χ1) is 16.9. The van der Waals surface area contributed by atoms with Crippen molar-refractivity contribution in [2.24, 2.45) is 7.05 Å². The van der Waals surface area contributed by atoms with Gasteiger partial charge in [-0.15, -0.1) is 0 Å². The molecule has 10 heteroatoms. The summed E-state index contributed by atoms with van der Waals surface area (Å²) >= 11 is 0. The number of fused-ring (bicyclic) bond motifs is 1. The molecule has 0 unspecified atom stereocenters. The van der Waals surface area contributed by atoms with Gasteiger partial charge in [-0.2, -0.15) is 5.10 Å². The monoisotopic (exact) mass is 473 g/mol. The van der Waals surface area contributed by atoms with Gasteiger partial charge in [-0.05, 0) is 43.2 Å². The zero-order chi connectivity index (χ0) is 24.1. The molecule has 0 aliphatic heterocycles. The number of aromatic nitrogens is 6. The molecule has 2 N–H and O–H groups in total. The van der Waals surface area contributed by atoms with Gasteiger partial charge in [0.25, 0.3) is 5.56 Å². The van der Waals surface area contributed by atoms with Crippen LogP contribution in [0.2, 0.25) is 0 Å². The molecule has 3 heterocycles. The molecule has 1 aliphatic carbocycles. The van der Waals surface area contributed by atoms with Crippen molar-refractivity contribution in [3.8, 4) is 22.6 Å². The Hall–Kier alpha value is -4.34. The highest BCUT2D eigenvalue weighted by atomic mass is 19.1. The van der Waals surface area contributed by atoms with Crippen molar-refractivity contribution in [1.29, 1.82) is 0 Å². The van der Waals surface area contributed by atoms with Crippen LogP contribution in [0, 0.1) is 11.6 Å². The number of H-pyrrole nitrogens is 1. The summed E-state index contributed by atoms with van der Waals surface area (Å²) in [5, 5.41) is 8.21. The third kappa shape index (κ3) is 4.07. The predicted molar refractivity (Wildman–Crippen MR) is 128 cm³/mol. The highest BCUT2D eigenvalue weighted by molar-refractivity contribution is 5.86. The summed E-state index contributed by atoms with van der Waals surface area (Å²) in [6.45, 7) is 0.204. The highest BCUT2D eigenvalue weighted by Gasteiger charge is 2.25. The Morgan fingerprint density at radius 3 is 2.69 bits per heavy atom. The third-order valence-corrected chi connectivity index (χ3v) is 6.05. The van der Waals surface area contributed by atoms with Gasteiger partial charge in [-0.1, -0.05) is 6.07 Å². The van der Waals surface area contributed by atoms with Crippen LogP contribution in [0.3, 0.4) is 0 Å². The van der Waals surface area contributed by atoms with E-state index in [9.17, 15) is 13.6 Å². The largest absolute Gasteiger partial charge is 0.378 e. The summed E-state index contributed by atoms with van der Waals surface area (Å²) in [7, 11) is 1.66. The fraction of sp³-hybridized carbons (Fsp3) is 0.200. The average molecular weight is 473 g/mol. The highest BCUT2D eigenvalue weighted by Crippen LogP contribution is 2.36. The van der Waals surface area contributed by atoms with Crippen LogP contribution in [0.5, 0.6) is 0 Å². The molecule has 0 amide bonds. The maximum Gasteiger partial charge on any atom is 0.260 e. The maximum absolute atomic E-state index is 13.6. The van der Waals surface area contributed by atoms with Crippen LogP contribution in [0.15, 0.2) is 59.8 Å². The smallest absolute Gasteiger partial charge is 0.260 e. The number of halogens is 2. The zero-order valence-electron chi connectivity index (χ0n) is 18.8. The van der Waals surface area contributed by atoms with Crippen LogP contribution >= 0.6 is 0 Å². The van der Waals surface area contributed by atoms with Crippen molar-refractivity contribution in [3.63, 3.8) is 0 Å². The number of nitrogens with one attached hydrogen (secondary N) is 2. The van der Waals surface area contributed by atoms with Crippen molar-refractivity contribution >= 4 is 16.6 Å². The van der Waals surface area contributed by atoms with E-state index in [1.54, 1.807) is 19.2 Å². The van der Waals surface area contributed by atoms with Crippen LogP contribution in [0.25, 0.3) is 33.5 Å². The number of hydrogen-bond donors (Lipinski definition) is 2. The molecular formula is C25H21F2N7O. The van der Waals surface area contributed by atoms with E-state index in [1.807, 2.05) is 23.0 Å². The van der Waals surface area contributed by atoms with Gasteiger partial charge in [0.1, 0.15) is 23.2 Å². The van der Waals surface area contributed by atoms with E-state index in [0.717, 1.165) is 30.2 Å². The number of aryl methyl sites for hydroxylation is 1. The van der Waals surface area contributed by atoms with Crippen molar-refractivity contribution in [3.05, 3.63) is 82.8 Å². The lowest BCUT2D eigenvalue weighted by Gasteiger charge is -2.05. The third-order valence-electron chi connectivity index (χ3n) is 6.05. The van der Waals surface area contributed by atoms with Gasteiger partial charge in [0.2, 0.25) is 0 Å². The van der Waals surface area contributed by atoms with E-state index in [1.165, 1.54) is 23.0 Å². The Labute approximate surface area is 198 Å². The van der Waals surface area contributed by atoms with E-state index >= 15 is 0 Å². The number of anilines is 1. The summed E-state index contributed by atoms with van der Waals surface area (Å²) in [5.74, 6) is -0.768. The molecule has 1 aliphatic rings. The van der Waals surface area contributed by atoms with Crippen molar-refractivity contribution in [2.45, 2.75) is 25.4 Å². The summed E-state index contributed by atoms with van der Waals surface area (Å²) in [6, 6.07) is 11.1. The van der Waals surface area contributed by atoms with E-state index in [-0.39, 0.29) is 12.1 Å². The van der Waals surface area contributed by atoms with Crippen LogP contribution in [0.4, 0.5) is 14.5 Å². The molecule has 3 aromatic heterocycles. The summed E-state index contributed by atoms with van der Waals surface area (Å²) in [4.78, 5) is 25.1. The second-order valence-corrected chi connectivity index (χ2v) is 8.72. The molecule has 0 spiro atoms. The van der Waals surface area contributed by atoms with Gasteiger partial charge >= 0.3 is 0 Å². The number of aromatic amines is 1. The quantitative estimate of drug-likeness (QED) is 0.381. The standard InChI is InChI=1S/C25H21F2N7O/c1-33-13-29-20-5-2-14(8-19(20)25(33)35)23-24(21-6-7-34(32-21)18-3-4-18)31-22(30-23)12-28-17-10-15(26)9-16(27)11-17/h2,5-11,13,18,28H,3-4,12H2,1H3,(H,30,31). The van der Waals surface area contributed by atoms with E-state index in [4.69, 9.17) is 10.1 Å². The van der Waals surface area contributed by atoms with Crippen LogP contribution < -0.4 is 10.9 Å². The Bertz CT molecular complexity index is 1610. The second-order valence-electron chi connectivity index (χ2n) is 8.72. The first kappa shape index (κ1) is 21.2. The second kappa shape index (κ2) is 8.15. The molecule has 0 bridgehead atoms. The molecule has 5 aromatic rings. The Morgan fingerprint density at radius 2 is 1.91 bits per heavy atom. The van der Waals surface area contributed by atoms with Crippen molar-refractivity contribution in [1.82, 2.24) is 29.3 Å². The Kier molecular flexibility index (Phi) is 4.94. The number of imidazole rings is 1. The minimum atomic E-state index is -0.662. The van der Waals surface area contributed by atoms with Gasteiger partial charge in [0, 0.05) is 30.6 Å². The zero-order valence-corrected chi connectivity index (χ0v) is 18.8. The molecule has 0 saturated heterocycles. The van der Waals surface area contributed by atoms with Crippen molar-refractivity contribution < 1.29 is 8.78 Å². The Morgan fingerprint density at radius 1 is 1.11 bits per heavy atom. The van der Waals surface area contributed by atoms with Gasteiger partial charge in [0.05, 0.1) is 41.2 Å². The lowest BCUT2D eigenvalue weighted by molar-refractivity contribution is 0.584. The lowest BCUT2D eigenvalue weighted by Crippen LogP contribution is -2.16. The molecule has 8 nitrogen and oxygen atoms in total. The van der Waals surface area contributed by atoms with Crippen LogP contribution in [-0.4, -0.2) is 29.3 Å². The van der Waals surface area contributed by atoms with E-state index in [0.29, 0.717) is 39.8 Å². The number of rotatable bonds is 6. The SMILES string of the molecule is Cn1cnc2ccc(-c3nc(CNc4cc(F)cc(F)c4)[nH]c3-c3ccn(C4CC4)n3)cc2c1=O. The van der Waals surface area contributed by atoms with Gasteiger partial charge in [0.15, 0.2) is 0 Å². The molecule has 1 fully saturated rings. The molecule has 176 valence electrons. The number of hydrogen-bond acceptors (Lipinski definition) is 5. The molecule has 35 heavy (non-hydrogen) atoms.